The van der Waals surface area contributed by atoms with Gasteiger partial charge in [-0.2, -0.15) is 0 Å². The van der Waals surface area contributed by atoms with Crippen LogP contribution in [0.1, 0.15) is 22.4 Å². The Hall–Kier alpha value is -2.54. The minimum atomic E-state index is -0.0905. The Balaban J connectivity index is 1.63. The Morgan fingerprint density at radius 2 is 2.00 bits per heavy atom. The Morgan fingerprint density at radius 1 is 1.22 bits per heavy atom. The van der Waals surface area contributed by atoms with E-state index in [-0.39, 0.29) is 12.5 Å². The number of nitrogens with zero attached hydrogens (tertiary/aromatic N) is 3. The van der Waals surface area contributed by atoms with E-state index in [1.54, 1.807) is 18.3 Å². The first kappa shape index (κ1) is 15.4. The number of nitrogens with one attached hydrogen (secondary N) is 1. The van der Waals surface area contributed by atoms with Gasteiger partial charge in [-0.3, -0.25) is 4.79 Å². The summed E-state index contributed by atoms with van der Waals surface area (Å²) >= 11 is 1.54. The number of benzene rings is 1. The van der Waals surface area contributed by atoms with Crippen LogP contribution in [0.15, 0.2) is 34.7 Å². The van der Waals surface area contributed by atoms with E-state index < -0.39 is 0 Å². The number of thiazole rings is 1. The van der Waals surface area contributed by atoms with E-state index in [1.807, 2.05) is 37.3 Å². The SMILES string of the molecule is Cc1nnc(CNC(=O)Cc2sc(-c3ccccc3)nc2C)o1. The fourth-order valence-corrected chi connectivity index (χ4v) is 3.15. The second-order valence-corrected chi connectivity index (χ2v) is 6.15. The van der Waals surface area contributed by atoms with Crippen LogP contribution in [0.25, 0.3) is 10.6 Å². The number of carbonyl (C=O) groups excluding carboxylic acids is 1. The Labute approximate surface area is 137 Å². The fraction of sp³-hybridized carbons (Fsp3) is 0.250. The predicted octanol–water partition coefficient (Wildman–Crippen LogP) is 2.67. The molecular weight excluding hydrogens is 312 g/mol. The molecule has 0 atom stereocenters. The highest BCUT2D eigenvalue weighted by atomic mass is 32.1. The van der Waals surface area contributed by atoms with Gasteiger partial charge in [0.25, 0.3) is 0 Å². The van der Waals surface area contributed by atoms with Crippen LogP contribution in [0.3, 0.4) is 0 Å². The molecule has 6 nitrogen and oxygen atoms in total. The molecule has 3 aromatic rings. The van der Waals surface area contributed by atoms with Gasteiger partial charge in [0.05, 0.1) is 18.7 Å². The minimum Gasteiger partial charge on any atom is -0.424 e. The summed E-state index contributed by atoms with van der Waals surface area (Å²) in [5.74, 6) is 0.800. The minimum absolute atomic E-state index is 0.0905. The van der Waals surface area contributed by atoms with Crippen LogP contribution >= 0.6 is 11.3 Å². The molecule has 1 amide bonds. The molecule has 1 N–H and O–H groups in total. The van der Waals surface area contributed by atoms with Crippen LogP contribution in [0.5, 0.6) is 0 Å². The molecule has 3 rings (SSSR count). The van der Waals surface area contributed by atoms with E-state index >= 15 is 0 Å². The molecule has 2 aromatic heterocycles. The summed E-state index contributed by atoms with van der Waals surface area (Å²) in [7, 11) is 0. The van der Waals surface area contributed by atoms with Gasteiger partial charge in [-0.15, -0.1) is 21.5 Å². The number of hydrogen-bond donors (Lipinski definition) is 1. The largest absolute Gasteiger partial charge is 0.424 e. The molecule has 118 valence electrons. The zero-order valence-electron chi connectivity index (χ0n) is 12.9. The molecule has 0 radical (unpaired) electrons. The van der Waals surface area contributed by atoms with Gasteiger partial charge in [0.2, 0.25) is 17.7 Å². The van der Waals surface area contributed by atoms with Crippen molar-refractivity contribution < 1.29 is 9.21 Å². The van der Waals surface area contributed by atoms with Crippen LogP contribution in [-0.4, -0.2) is 21.1 Å². The standard InChI is InChI=1S/C16H16N4O2S/c1-10-13(23-16(18-10)12-6-4-3-5-7-12)8-14(21)17-9-15-20-19-11(2)22-15/h3-7H,8-9H2,1-2H3,(H,17,21). The lowest BCUT2D eigenvalue weighted by atomic mass is 10.2. The van der Waals surface area contributed by atoms with Gasteiger partial charge in [-0.05, 0) is 6.92 Å². The zero-order valence-corrected chi connectivity index (χ0v) is 13.7. The highest BCUT2D eigenvalue weighted by Gasteiger charge is 2.13. The van der Waals surface area contributed by atoms with E-state index in [1.165, 1.54) is 0 Å². The van der Waals surface area contributed by atoms with Crippen molar-refractivity contribution in [3.05, 3.63) is 52.7 Å². The monoisotopic (exact) mass is 328 g/mol. The molecule has 0 spiro atoms. The van der Waals surface area contributed by atoms with Gasteiger partial charge in [0.15, 0.2) is 0 Å². The molecule has 0 unspecified atom stereocenters. The van der Waals surface area contributed by atoms with E-state index in [9.17, 15) is 4.79 Å². The second-order valence-electron chi connectivity index (χ2n) is 5.06. The lowest BCUT2D eigenvalue weighted by Crippen LogP contribution is -2.24. The molecule has 0 saturated heterocycles. The third-order valence-corrected chi connectivity index (χ3v) is 4.45. The molecule has 23 heavy (non-hydrogen) atoms. The zero-order chi connectivity index (χ0) is 16.2. The van der Waals surface area contributed by atoms with Crippen molar-refractivity contribution in [3.63, 3.8) is 0 Å². The normalized spacial score (nSPS) is 10.7. The second kappa shape index (κ2) is 6.70. The first-order chi connectivity index (χ1) is 11.1. The predicted molar refractivity (Wildman–Crippen MR) is 86.9 cm³/mol. The summed E-state index contributed by atoms with van der Waals surface area (Å²) < 4.78 is 5.22. The number of hydrogen-bond acceptors (Lipinski definition) is 6. The molecule has 0 aliphatic carbocycles. The van der Waals surface area contributed by atoms with Crippen LogP contribution in [0.4, 0.5) is 0 Å². The molecule has 1 aromatic carbocycles. The molecular formula is C16H16N4O2S. The van der Waals surface area contributed by atoms with Gasteiger partial charge in [0.1, 0.15) is 5.01 Å². The summed E-state index contributed by atoms with van der Waals surface area (Å²) in [4.78, 5) is 17.6. The maximum Gasteiger partial charge on any atom is 0.235 e. The van der Waals surface area contributed by atoms with Crippen molar-refractivity contribution in [3.8, 4) is 10.6 Å². The Kier molecular flexibility index (Phi) is 4.47. The quantitative estimate of drug-likeness (QED) is 0.779. The number of carbonyl (C=O) groups is 1. The molecule has 0 bridgehead atoms. The number of aromatic nitrogens is 3. The van der Waals surface area contributed by atoms with E-state index in [0.29, 0.717) is 18.2 Å². The number of rotatable bonds is 5. The fourth-order valence-electron chi connectivity index (χ4n) is 2.09. The summed E-state index contributed by atoms with van der Waals surface area (Å²) in [6.45, 7) is 3.88. The molecule has 0 saturated carbocycles. The summed E-state index contributed by atoms with van der Waals surface area (Å²) in [5, 5.41) is 11.3. The highest BCUT2D eigenvalue weighted by molar-refractivity contribution is 7.15. The van der Waals surface area contributed by atoms with Crippen molar-refractivity contribution in [1.29, 1.82) is 0 Å². The third-order valence-electron chi connectivity index (χ3n) is 3.24. The lowest BCUT2D eigenvalue weighted by Gasteiger charge is -2.01. The van der Waals surface area contributed by atoms with Gasteiger partial charge >= 0.3 is 0 Å². The highest BCUT2D eigenvalue weighted by Crippen LogP contribution is 2.27. The maximum absolute atomic E-state index is 12.1. The molecule has 2 heterocycles. The Morgan fingerprint density at radius 3 is 2.70 bits per heavy atom. The summed E-state index contributed by atoms with van der Waals surface area (Å²) in [6.07, 6.45) is 0.295. The van der Waals surface area contributed by atoms with Crippen molar-refractivity contribution in [2.75, 3.05) is 0 Å². The maximum atomic E-state index is 12.1. The van der Waals surface area contributed by atoms with Gasteiger partial charge in [-0.1, -0.05) is 30.3 Å². The van der Waals surface area contributed by atoms with Gasteiger partial charge in [0, 0.05) is 17.4 Å². The van der Waals surface area contributed by atoms with Crippen molar-refractivity contribution >= 4 is 17.2 Å². The number of amides is 1. The molecule has 0 aliphatic rings. The van der Waals surface area contributed by atoms with Crippen LogP contribution in [0.2, 0.25) is 0 Å². The topological polar surface area (TPSA) is 80.9 Å². The summed E-state index contributed by atoms with van der Waals surface area (Å²) in [6, 6.07) is 9.95. The average molecular weight is 328 g/mol. The van der Waals surface area contributed by atoms with Crippen LogP contribution < -0.4 is 5.32 Å². The van der Waals surface area contributed by atoms with E-state index in [2.05, 4.69) is 20.5 Å². The third kappa shape index (κ3) is 3.81. The van der Waals surface area contributed by atoms with E-state index in [0.717, 1.165) is 21.1 Å². The van der Waals surface area contributed by atoms with Crippen LogP contribution in [-0.2, 0) is 17.8 Å². The van der Waals surface area contributed by atoms with Crippen molar-refractivity contribution in [2.45, 2.75) is 26.8 Å². The molecule has 0 aliphatic heterocycles. The molecule has 7 heteroatoms. The first-order valence-electron chi connectivity index (χ1n) is 7.19. The smallest absolute Gasteiger partial charge is 0.235 e. The molecule has 0 fully saturated rings. The van der Waals surface area contributed by atoms with Gasteiger partial charge < -0.3 is 9.73 Å². The van der Waals surface area contributed by atoms with Crippen molar-refractivity contribution in [1.82, 2.24) is 20.5 Å². The summed E-state index contributed by atoms with van der Waals surface area (Å²) in [5.41, 5.74) is 1.95. The Bertz CT molecular complexity index is 811. The van der Waals surface area contributed by atoms with Gasteiger partial charge in [-0.25, -0.2) is 4.98 Å². The van der Waals surface area contributed by atoms with Crippen molar-refractivity contribution in [2.24, 2.45) is 0 Å². The first-order valence-corrected chi connectivity index (χ1v) is 8.01. The average Bonchev–Trinajstić information content (AvgIpc) is 3.13. The van der Waals surface area contributed by atoms with Crippen LogP contribution in [0, 0.1) is 13.8 Å². The number of aryl methyl sites for hydroxylation is 2. The van der Waals surface area contributed by atoms with E-state index in [4.69, 9.17) is 4.42 Å². The lowest BCUT2D eigenvalue weighted by molar-refractivity contribution is -0.120.